The highest BCUT2D eigenvalue weighted by Gasteiger charge is 2.27. The standard InChI is InChI=1S/C12H19N3O/c1-13-12-7-10(3-4-14-12)15(2)8-9-5-11(16)6-9/h3-4,7,9,11,16H,5-6,8H2,1-2H3,(H,13,14). The number of aliphatic hydroxyl groups excluding tert-OH is 1. The molecular formula is C12H19N3O. The van der Waals surface area contributed by atoms with Crippen LogP contribution < -0.4 is 10.2 Å². The van der Waals surface area contributed by atoms with E-state index in [4.69, 9.17) is 0 Å². The Hall–Kier alpha value is -1.29. The van der Waals surface area contributed by atoms with Crippen molar-refractivity contribution in [2.45, 2.75) is 18.9 Å². The molecule has 0 spiro atoms. The molecular weight excluding hydrogens is 202 g/mol. The number of nitrogens with one attached hydrogen (secondary N) is 1. The van der Waals surface area contributed by atoms with Crippen LogP contribution in [0.15, 0.2) is 18.3 Å². The van der Waals surface area contributed by atoms with E-state index in [1.807, 2.05) is 25.4 Å². The molecule has 0 bridgehead atoms. The Bertz CT molecular complexity index is 350. The van der Waals surface area contributed by atoms with Crippen molar-refractivity contribution in [2.24, 2.45) is 5.92 Å². The summed E-state index contributed by atoms with van der Waals surface area (Å²) in [5.41, 5.74) is 1.17. The normalized spacial score (nSPS) is 23.7. The van der Waals surface area contributed by atoms with Crippen molar-refractivity contribution in [3.8, 4) is 0 Å². The maximum absolute atomic E-state index is 9.25. The largest absolute Gasteiger partial charge is 0.393 e. The summed E-state index contributed by atoms with van der Waals surface area (Å²) in [6.45, 7) is 1.00. The highest BCUT2D eigenvalue weighted by Crippen LogP contribution is 2.29. The zero-order valence-corrected chi connectivity index (χ0v) is 9.85. The molecule has 2 N–H and O–H groups in total. The van der Waals surface area contributed by atoms with Gasteiger partial charge in [0, 0.05) is 38.6 Å². The highest BCUT2D eigenvalue weighted by molar-refractivity contribution is 5.53. The van der Waals surface area contributed by atoms with E-state index in [1.54, 1.807) is 0 Å². The summed E-state index contributed by atoms with van der Waals surface area (Å²) in [5, 5.41) is 12.3. The second kappa shape index (κ2) is 4.70. The van der Waals surface area contributed by atoms with Crippen molar-refractivity contribution in [1.82, 2.24) is 4.98 Å². The SMILES string of the molecule is CNc1cc(N(C)CC2CC(O)C2)ccn1. The lowest BCUT2D eigenvalue weighted by Gasteiger charge is -2.35. The Kier molecular flexibility index (Phi) is 3.29. The van der Waals surface area contributed by atoms with Crippen molar-refractivity contribution in [3.05, 3.63) is 18.3 Å². The summed E-state index contributed by atoms with van der Waals surface area (Å²) in [4.78, 5) is 6.41. The molecule has 4 nitrogen and oxygen atoms in total. The van der Waals surface area contributed by atoms with Gasteiger partial charge in [-0.15, -0.1) is 0 Å². The third-order valence-corrected chi connectivity index (χ3v) is 3.18. The lowest BCUT2D eigenvalue weighted by atomic mass is 9.82. The van der Waals surface area contributed by atoms with Crippen LogP contribution in [-0.4, -0.2) is 36.8 Å². The molecule has 1 heterocycles. The quantitative estimate of drug-likeness (QED) is 0.805. The molecule has 1 aliphatic carbocycles. The molecule has 0 radical (unpaired) electrons. The molecule has 0 atom stereocenters. The van der Waals surface area contributed by atoms with Gasteiger partial charge in [0.1, 0.15) is 5.82 Å². The molecule has 4 heteroatoms. The first-order chi connectivity index (χ1) is 7.69. The minimum atomic E-state index is -0.0660. The lowest BCUT2D eigenvalue weighted by molar-refractivity contribution is 0.0465. The minimum absolute atomic E-state index is 0.0660. The van der Waals surface area contributed by atoms with E-state index in [-0.39, 0.29) is 6.10 Å². The fourth-order valence-corrected chi connectivity index (χ4v) is 2.14. The maximum Gasteiger partial charge on any atom is 0.127 e. The van der Waals surface area contributed by atoms with Gasteiger partial charge in [-0.3, -0.25) is 0 Å². The fourth-order valence-electron chi connectivity index (χ4n) is 2.14. The van der Waals surface area contributed by atoms with Gasteiger partial charge in [0.05, 0.1) is 6.10 Å². The molecule has 1 saturated carbocycles. The monoisotopic (exact) mass is 221 g/mol. The third kappa shape index (κ3) is 2.44. The molecule has 88 valence electrons. The van der Waals surface area contributed by atoms with Gasteiger partial charge in [-0.05, 0) is 24.8 Å². The van der Waals surface area contributed by atoms with Gasteiger partial charge < -0.3 is 15.3 Å². The lowest BCUT2D eigenvalue weighted by Crippen LogP contribution is -2.37. The Morgan fingerprint density at radius 1 is 1.56 bits per heavy atom. The summed E-state index contributed by atoms with van der Waals surface area (Å²) in [6, 6.07) is 4.05. The number of aromatic nitrogens is 1. The zero-order chi connectivity index (χ0) is 11.5. The van der Waals surface area contributed by atoms with Crippen LogP contribution in [0.2, 0.25) is 0 Å². The van der Waals surface area contributed by atoms with E-state index >= 15 is 0 Å². The highest BCUT2D eigenvalue weighted by atomic mass is 16.3. The van der Waals surface area contributed by atoms with E-state index in [0.29, 0.717) is 5.92 Å². The molecule has 16 heavy (non-hydrogen) atoms. The first-order valence-corrected chi connectivity index (χ1v) is 5.72. The summed E-state index contributed by atoms with van der Waals surface area (Å²) in [5.74, 6) is 1.52. The van der Waals surface area contributed by atoms with Gasteiger partial charge in [-0.25, -0.2) is 4.98 Å². The predicted molar refractivity (Wildman–Crippen MR) is 65.8 cm³/mol. The Morgan fingerprint density at radius 3 is 2.94 bits per heavy atom. The van der Waals surface area contributed by atoms with Crippen LogP contribution in [0, 0.1) is 5.92 Å². The number of pyridine rings is 1. The number of hydrogen-bond acceptors (Lipinski definition) is 4. The number of rotatable bonds is 4. The predicted octanol–water partition coefficient (Wildman–Crippen LogP) is 1.33. The Morgan fingerprint density at radius 2 is 2.31 bits per heavy atom. The number of hydrogen-bond donors (Lipinski definition) is 2. The third-order valence-electron chi connectivity index (χ3n) is 3.18. The van der Waals surface area contributed by atoms with Crippen LogP contribution in [0.3, 0.4) is 0 Å². The fraction of sp³-hybridized carbons (Fsp3) is 0.583. The van der Waals surface area contributed by atoms with Crippen molar-refractivity contribution < 1.29 is 5.11 Å². The zero-order valence-electron chi connectivity index (χ0n) is 9.85. The van der Waals surface area contributed by atoms with Crippen molar-refractivity contribution in [3.63, 3.8) is 0 Å². The first-order valence-electron chi connectivity index (χ1n) is 5.72. The number of nitrogens with zero attached hydrogens (tertiary/aromatic N) is 2. The van der Waals surface area contributed by atoms with Crippen LogP contribution in [0.25, 0.3) is 0 Å². The van der Waals surface area contributed by atoms with Gasteiger partial charge in [-0.2, -0.15) is 0 Å². The molecule has 0 saturated heterocycles. The number of anilines is 2. The molecule has 1 aliphatic rings. The molecule has 1 aromatic heterocycles. The van der Waals surface area contributed by atoms with Gasteiger partial charge in [0.2, 0.25) is 0 Å². The van der Waals surface area contributed by atoms with Crippen molar-refractivity contribution in [1.29, 1.82) is 0 Å². The topological polar surface area (TPSA) is 48.4 Å². The maximum atomic E-state index is 9.25. The van der Waals surface area contributed by atoms with Crippen molar-refractivity contribution >= 4 is 11.5 Å². The van der Waals surface area contributed by atoms with Crippen LogP contribution in [0.1, 0.15) is 12.8 Å². The van der Waals surface area contributed by atoms with E-state index < -0.39 is 0 Å². The number of aliphatic hydroxyl groups is 1. The van der Waals surface area contributed by atoms with Crippen LogP contribution in [0.4, 0.5) is 11.5 Å². The van der Waals surface area contributed by atoms with Crippen LogP contribution in [0.5, 0.6) is 0 Å². The van der Waals surface area contributed by atoms with Gasteiger partial charge in [0.15, 0.2) is 0 Å². The average molecular weight is 221 g/mol. The molecule has 1 fully saturated rings. The molecule has 2 rings (SSSR count). The van der Waals surface area contributed by atoms with E-state index in [1.165, 1.54) is 5.69 Å². The summed E-state index contributed by atoms with van der Waals surface area (Å²) >= 11 is 0. The van der Waals surface area contributed by atoms with E-state index in [0.717, 1.165) is 25.2 Å². The summed E-state index contributed by atoms with van der Waals surface area (Å²) < 4.78 is 0. The second-order valence-electron chi connectivity index (χ2n) is 4.52. The first kappa shape index (κ1) is 11.2. The van der Waals surface area contributed by atoms with Crippen LogP contribution >= 0.6 is 0 Å². The molecule has 0 unspecified atom stereocenters. The Balaban J connectivity index is 1.94. The molecule has 1 aromatic rings. The van der Waals surface area contributed by atoms with E-state index in [9.17, 15) is 5.11 Å². The molecule has 0 aliphatic heterocycles. The van der Waals surface area contributed by atoms with Gasteiger partial charge in [-0.1, -0.05) is 0 Å². The van der Waals surface area contributed by atoms with Gasteiger partial charge >= 0.3 is 0 Å². The molecule has 0 amide bonds. The van der Waals surface area contributed by atoms with Crippen molar-refractivity contribution in [2.75, 3.05) is 30.9 Å². The average Bonchev–Trinajstić information content (AvgIpc) is 2.27. The minimum Gasteiger partial charge on any atom is -0.393 e. The summed E-state index contributed by atoms with van der Waals surface area (Å²) in [7, 11) is 3.95. The smallest absolute Gasteiger partial charge is 0.127 e. The molecule has 0 aromatic carbocycles. The Labute approximate surface area is 96.3 Å². The second-order valence-corrected chi connectivity index (χ2v) is 4.52. The van der Waals surface area contributed by atoms with Crippen LogP contribution in [-0.2, 0) is 0 Å². The van der Waals surface area contributed by atoms with Gasteiger partial charge in [0.25, 0.3) is 0 Å². The summed E-state index contributed by atoms with van der Waals surface area (Å²) in [6.07, 6.45) is 3.62. The van der Waals surface area contributed by atoms with E-state index in [2.05, 4.69) is 22.2 Å².